The number of alkyl halides is 3. The van der Waals surface area contributed by atoms with Gasteiger partial charge >= 0.3 is 6.18 Å². The van der Waals surface area contributed by atoms with Crippen molar-refractivity contribution < 1.29 is 27.7 Å². The maximum absolute atomic E-state index is 12.8. The van der Waals surface area contributed by atoms with Gasteiger partial charge in [-0.1, -0.05) is 38.5 Å². The van der Waals surface area contributed by atoms with Gasteiger partial charge in [0.1, 0.15) is 11.7 Å². The van der Waals surface area contributed by atoms with Gasteiger partial charge in [0, 0.05) is 11.6 Å². The topological polar surface area (TPSA) is 113 Å². The minimum absolute atomic E-state index is 0.294. The number of amides is 2. The van der Waals surface area contributed by atoms with Crippen molar-refractivity contribution in [3.05, 3.63) is 69.8 Å². The molecule has 0 aliphatic carbocycles. The minimum Gasteiger partial charge on any atom is -0.340 e. The number of benzene rings is 2. The van der Waals surface area contributed by atoms with E-state index in [0.717, 1.165) is 6.07 Å². The van der Waals surface area contributed by atoms with E-state index in [0.29, 0.717) is 24.1 Å². The lowest BCUT2D eigenvalue weighted by molar-refractivity contribution is -0.384. The number of rotatable bonds is 8. The highest BCUT2D eigenvalue weighted by Crippen LogP contribution is 2.34. The van der Waals surface area contributed by atoms with Gasteiger partial charge in [0.15, 0.2) is 0 Å². The highest BCUT2D eigenvalue weighted by Gasteiger charge is 2.33. The van der Waals surface area contributed by atoms with E-state index in [-0.39, 0.29) is 11.6 Å². The zero-order chi connectivity index (χ0) is 23.2. The Kier molecular flexibility index (Phi) is 7.56. The third-order valence-corrected chi connectivity index (χ3v) is 4.66. The lowest BCUT2D eigenvalue weighted by Gasteiger charge is -2.24. The minimum atomic E-state index is -4.75. The largest absolute Gasteiger partial charge is 0.416 e. The standard InChI is InChI=1S/C20H21F3N4O4/c1-3-12(2)17(24-18(28)13-7-5-4-6-8-13)19(29)26-25-15-10-9-14(20(21,22)23)11-16(15)27(30)31/h4-12,17,25H,3H2,1-2H3,(H,24,28)(H,26,29). The first kappa shape index (κ1) is 23.6. The van der Waals surface area contributed by atoms with E-state index < -0.39 is 40.2 Å². The summed E-state index contributed by atoms with van der Waals surface area (Å²) >= 11 is 0. The third kappa shape index (κ3) is 6.17. The Balaban J connectivity index is 2.17. The van der Waals surface area contributed by atoms with Gasteiger partial charge in [0.2, 0.25) is 0 Å². The van der Waals surface area contributed by atoms with Crippen LogP contribution in [0.5, 0.6) is 0 Å². The maximum atomic E-state index is 12.8. The first-order valence-electron chi connectivity index (χ1n) is 9.32. The van der Waals surface area contributed by atoms with E-state index in [1.54, 1.807) is 37.3 Å². The molecule has 8 nitrogen and oxygen atoms in total. The number of hydrogen-bond donors (Lipinski definition) is 3. The quantitative estimate of drug-likeness (QED) is 0.427. The number of carbonyl (C=O) groups excluding carboxylic acids is 2. The number of hydrazine groups is 1. The van der Waals surface area contributed by atoms with Gasteiger partial charge in [-0.3, -0.25) is 30.6 Å². The molecule has 2 aromatic rings. The zero-order valence-electron chi connectivity index (χ0n) is 16.7. The van der Waals surface area contributed by atoms with Crippen LogP contribution >= 0.6 is 0 Å². The number of halogens is 3. The lowest BCUT2D eigenvalue weighted by Crippen LogP contribution is -2.51. The van der Waals surface area contributed by atoms with Crippen molar-refractivity contribution in [3.63, 3.8) is 0 Å². The van der Waals surface area contributed by atoms with Crippen LogP contribution in [0.25, 0.3) is 0 Å². The number of hydrogen-bond acceptors (Lipinski definition) is 5. The van der Waals surface area contributed by atoms with Gasteiger partial charge < -0.3 is 5.32 Å². The van der Waals surface area contributed by atoms with Crippen LogP contribution in [0.1, 0.15) is 36.2 Å². The average Bonchev–Trinajstić information content (AvgIpc) is 2.74. The Labute approximate surface area is 176 Å². The van der Waals surface area contributed by atoms with Crippen molar-refractivity contribution >= 4 is 23.2 Å². The van der Waals surface area contributed by atoms with Gasteiger partial charge in [-0.25, -0.2) is 0 Å². The molecule has 11 heteroatoms. The van der Waals surface area contributed by atoms with Crippen molar-refractivity contribution in [2.24, 2.45) is 5.92 Å². The number of nitrogens with zero attached hydrogens (tertiary/aromatic N) is 1. The molecule has 166 valence electrons. The van der Waals surface area contributed by atoms with Crippen molar-refractivity contribution in [1.82, 2.24) is 10.7 Å². The summed E-state index contributed by atoms with van der Waals surface area (Å²) in [4.78, 5) is 35.2. The molecule has 3 N–H and O–H groups in total. The van der Waals surface area contributed by atoms with Crippen molar-refractivity contribution in [1.29, 1.82) is 0 Å². The first-order chi connectivity index (χ1) is 14.5. The summed E-state index contributed by atoms with van der Waals surface area (Å²) in [6.45, 7) is 3.55. The molecular formula is C20H21F3N4O4. The molecule has 0 radical (unpaired) electrons. The predicted molar refractivity (Wildman–Crippen MR) is 107 cm³/mol. The van der Waals surface area contributed by atoms with Crippen LogP contribution in [-0.2, 0) is 11.0 Å². The van der Waals surface area contributed by atoms with Crippen LogP contribution in [0.4, 0.5) is 24.5 Å². The molecule has 2 unspecified atom stereocenters. The summed E-state index contributed by atoms with van der Waals surface area (Å²) < 4.78 is 38.5. The number of nitro benzene ring substituents is 1. The second-order valence-electron chi connectivity index (χ2n) is 6.80. The fraction of sp³-hybridized carbons (Fsp3) is 0.300. The molecule has 0 bridgehead atoms. The Bertz CT molecular complexity index is 951. The Morgan fingerprint density at radius 3 is 2.32 bits per heavy atom. The van der Waals surface area contributed by atoms with E-state index in [2.05, 4.69) is 16.2 Å². The molecule has 0 aromatic heterocycles. The van der Waals surface area contributed by atoms with Gasteiger partial charge in [-0.15, -0.1) is 0 Å². The molecule has 0 saturated carbocycles. The number of anilines is 1. The smallest absolute Gasteiger partial charge is 0.340 e. The predicted octanol–water partition coefficient (Wildman–Crippen LogP) is 3.90. The second-order valence-corrected chi connectivity index (χ2v) is 6.80. The van der Waals surface area contributed by atoms with Crippen LogP contribution in [0.2, 0.25) is 0 Å². The summed E-state index contributed by atoms with van der Waals surface area (Å²) in [5, 5.41) is 13.8. The average molecular weight is 438 g/mol. The number of carbonyl (C=O) groups is 2. The first-order valence-corrected chi connectivity index (χ1v) is 9.32. The maximum Gasteiger partial charge on any atom is 0.416 e. The molecular weight excluding hydrogens is 417 g/mol. The fourth-order valence-corrected chi connectivity index (χ4v) is 2.69. The van der Waals surface area contributed by atoms with Gasteiger partial charge in [0.05, 0.1) is 10.5 Å². The van der Waals surface area contributed by atoms with Gasteiger partial charge in [0.25, 0.3) is 17.5 Å². The van der Waals surface area contributed by atoms with Crippen molar-refractivity contribution in [2.75, 3.05) is 5.43 Å². The monoisotopic (exact) mass is 438 g/mol. The van der Waals surface area contributed by atoms with E-state index in [4.69, 9.17) is 0 Å². The summed E-state index contributed by atoms with van der Waals surface area (Å²) in [6.07, 6.45) is -4.22. The number of nitro groups is 1. The van der Waals surface area contributed by atoms with Gasteiger partial charge in [-0.05, 0) is 30.2 Å². The van der Waals surface area contributed by atoms with Crippen LogP contribution < -0.4 is 16.2 Å². The molecule has 0 aliphatic heterocycles. The highest BCUT2D eigenvalue weighted by molar-refractivity contribution is 5.97. The molecule has 0 fully saturated rings. The molecule has 2 atom stereocenters. The third-order valence-electron chi connectivity index (χ3n) is 4.66. The zero-order valence-corrected chi connectivity index (χ0v) is 16.7. The summed E-state index contributed by atoms with van der Waals surface area (Å²) in [7, 11) is 0. The molecule has 0 aliphatic rings. The Morgan fingerprint density at radius 2 is 1.77 bits per heavy atom. The van der Waals surface area contributed by atoms with Crippen LogP contribution in [-0.4, -0.2) is 22.8 Å². The summed E-state index contributed by atoms with van der Waals surface area (Å²) in [5.41, 5.74) is 2.48. The highest BCUT2D eigenvalue weighted by atomic mass is 19.4. The van der Waals surface area contributed by atoms with E-state index in [1.807, 2.05) is 6.92 Å². The van der Waals surface area contributed by atoms with Crippen LogP contribution in [0, 0.1) is 16.0 Å². The van der Waals surface area contributed by atoms with Crippen LogP contribution in [0.3, 0.4) is 0 Å². The molecule has 0 spiro atoms. The molecule has 2 aromatic carbocycles. The van der Waals surface area contributed by atoms with E-state index in [9.17, 15) is 32.9 Å². The fourth-order valence-electron chi connectivity index (χ4n) is 2.69. The molecule has 0 heterocycles. The summed E-state index contributed by atoms with van der Waals surface area (Å²) in [5.74, 6) is -1.48. The van der Waals surface area contributed by atoms with Gasteiger partial charge in [-0.2, -0.15) is 13.2 Å². The summed E-state index contributed by atoms with van der Waals surface area (Å²) in [6, 6.07) is 9.10. The second kappa shape index (κ2) is 9.92. The van der Waals surface area contributed by atoms with E-state index in [1.165, 1.54) is 0 Å². The normalized spacial score (nSPS) is 13.1. The van der Waals surface area contributed by atoms with Crippen molar-refractivity contribution in [3.8, 4) is 0 Å². The van der Waals surface area contributed by atoms with Crippen molar-refractivity contribution in [2.45, 2.75) is 32.5 Å². The van der Waals surface area contributed by atoms with Crippen LogP contribution in [0.15, 0.2) is 48.5 Å². The Morgan fingerprint density at radius 1 is 1.13 bits per heavy atom. The van der Waals surface area contributed by atoms with E-state index >= 15 is 0 Å². The molecule has 31 heavy (non-hydrogen) atoms. The lowest BCUT2D eigenvalue weighted by atomic mass is 9.98. The molecule has 0 saturated heterocycles. The molecule has 2 amide bonds. The Hall–Kier alpha value is -3.63. The number of nitrogens with one attached hydrogen (secondary N) is 3. The molecule has 2 rings (SSSR count). The SMILES string of the molecule is CCC(C)C(NC(=O)c1ccccc1)C(=O)NNc1ccc(C(F)(F)F)cc1[N+](=O)[O-].